The first-order valence-electron chi connectivity index (χ1n) is 12.7. The Labute approximate surface area is 225 Å². The smallest absolute Gasteiger partial charge is 0.302 e. The van der Waals surface area contributed by atoms with E-state index in [0.717, 1.165) is 0 Å². The van der Waals surface area contributed by atoms with Crippen molar-refractivity contribution in [3.05, 3.63) is 45.0 Å². The summed E-state index contributed by atoms with van der Waals surface area (Å²) in [7, 11) is 4.44. The number of carbonyl (C=O) groups excluding carboxylic acids is 5. The maximum absolute atomic E-state index is 13.7. The van der Waals surface area contributed by atoms with Gasteiger partial charge in [0.15, 0.2) is 23.1 Å². The number of nitrogens with zero attached hydrogens (tertiary/aromatic N) is 3. The molecule has 0 spiro atoms. The highest BCUT2D eigenvalue weighted by atomic mass is 16.5. The van der Waals surface area contributed by atoms with Crippen molar-refractivity contribution in [3.8, 4) is 6.07 Å². The second kappa shape index (κ2) is 9.39. The van der Waals surface area contributed by atoms with Crippen molar-refractivity contribution in [2.24, 2.45) is 0 Å². The highest BCUT2D eigenvalue weighted by molar-refractivity contribution is 6.26. The molecule has 0 aromatic carbocycles. The van der Waals surface area contributed by atoms with Crippen molar-refractivity contribution < 1.29 is 38.2 Å². The van der Waals surface area contributed by atoms with Crippen LogP contribution in [0.1, 0.15) is 33.6 Å². The van der Waals surface area contributed by atoms with Crippen LogP contribution in [-0.4, -0.2) is 97.0 Å². The summed E-state index contributed by atoms with van der Waals surface area (Å²) in [6.07, 6.45) is 0.193. The van der Waals surface area contributed by atoms with Gasteiger partial charge >= 0.3 is 5.97 Å². The van der Waals surface area contributed by atoms with E-state index in [1.165, 1.54) is 28.1 Å². The largest absolute Gasteiger partial charge is 0.492 e. The first-order valence-corrected chi connectivity index (χ1v) is 12.7. The Morgan fingerprint density at radius 3 is 1.92 bits per heavy atom. The fraction of sp³-hybridized carbons (Fsp3) is 0.500. The van der Waals surface area contributed by atoms with Gasteiger partial charge in [0.25, 0.3) is 0 Å². The Bertz CT molecular complexity index is 1420. The Morgan fingerprint density at radius 1 is 0.897 bits per heavy atom. The van der Waals surface area contributed by atoms with Crippen molar-refractivity contribution in [2.75, 3.05) is 27.9 Å². The molecule has 0 unspecified atom stereocenters. The standard InChI is InChI=1S/C28H29N3O8/c1-11-23(33)14-8-17-22-21-15(24(34)12(2)28(38-6)26(21)36)7-16(30(22)4)18(9-29)31(17)19(10-39-13(3)32)20(14)25(35)27(11)37-5/h16-19,22H,7-8,10H2,1-6H3/t16-,17+,18-,19-,22-/m0/s1. The Hall–Kier alpha value is -3.88. The Morgan fingerprint density at radius 2 is 1.41 bits per heavy atom. The fourth-order valence-corrected chi connectivity index (χ4v) is 6.97. The number of fused-ring (bicyclic) bond motifs is 5. The lowest BCUT2D eigenvalue weighted by molar-refractivity contribution is -0.145. The lowest BCUT2D eigenvalue weighted by atomic mass is 9.67. The van der Waals surface area contributed by atoms with Crippen molar-refractivity contribution in [1.82, 2.24) is 9.80 Å². The molecule has 0 saturated carbocycles. The second-order valence-corrected chi connectivity index (χ2v) is 10.4. The van der Waals surface area contributed by atoms with Gasteiger partial charge in [-0.1, -0.05) is 0 Å². The van der Waals surface area contributed by atoms with Gasteiger partial charge < -0.3 is 14.2 Å². The van der Waals surface area contributed by atoms with E-state index in [4.69, 9.17) is 14.2 Å². The summed E-state index contributed by atoms with van der Waals surface area (Å²) in [4.78, 5) is 69.9. The summed E-state index contributed by atoms with van der Waals surface area (Å²) in [6, 6.07) is -1.26. The molecular formula is C28H29N3O8. The van der Waals surface area contributed by atoms with E-state index in [1.54, 1.807) is 18.9 Å². The van der Waals surface area contributed by atoms with Gasteiger partial charge in [0.1, 0.15) is 12.6 Å². The first-order chi connectivity index (χ1) is 18.5. The summed E-state index contributed by atoms with van der Waals surface area (Å²) in [6.45, 7) is 4.02. The summed E-state index contributed by atoms with van der Waals surface area (Å²) in [5, 5.41) is 10.4. The number of methoxy groups -OCH3 is 2. The predicted octanol–water partition coefficient (Wildman–Crippen LogP) is 0.708. The molecule has 11 nitrogen and oxygen atoms in total. The second-order valence-electron chi connectivity index (χ2n) is 10.4. The van der Waals surface area contributed by atoms with Crippen LogP contribution in [0.5, 0.6) is 0 Å². The van der Waals surface area contributed by atoms with Crippen LogP contribution in [-0.2, 0) is 38.2 Å². The average Bonchev–Trinajstić information content (AvgIpc) is 2.89. The summed E-state index contributed by atoms with van der Waals surface area (Å²) in [5.41, 5.74) is 1.38. The Balaban J connectivity index is 1.72. The summed E-state index contributed by atoms with van der Waals surface area (Å²) in [5.74, 6) is -2.28. The molecule has 0 N–H and O–H groups in total. The van der Waals surface area contributed by atoms with Crippen LogP contribution < -0.4 is 0 Å². The molecule has 3 heterocycles. The number of rotatable bonds is 4. The van der Waals surface area contributed by atoms with E-state index >= 15 is 0 Å². The van der Waals surface area contributed by atoms with Crippen molar-refractivity contribution in [2.45, 2.75) is 63.8 Å². The summed E-state index contributed by atoms with van der Waals surface area (Å²) < 4.78 is 16.0. The molecule has 0 aromatic heterocycles. The minimum Gasteiger partial charge on any atom is -0.492 e. The van der Waals surface area contributed by atoms with Gasteiger partial charge in [-0.05, 0) is 33.7 Å². The molecule has 1 saturated heterocycles. The third-order valence-electron chi connectivity index (χ3n) is 8.66. The zero-order valence-electron chi connectivity index (χ0n) is 22.6. The number of ether oxygens (including phenoxy) is 3. The number of ketones is 4. The van der Waals surface area contributed by atoms with Gasteiger partial charge in [-0.15, -0.1) is 0 Å². The highest BCUT2D eigenvalue weighted by Gasteiger charge is 2.60. The molecule has 3 aliphatic heterocycles. The molecule has 1 fully saturated rings. The number of piperazine rings is 1. The van der Waals surface area contributed by atoms with E-state index in [0.29, 0.717) is 5.57 Å². The zero-order valence-corrected chi connectivity index (χ0v) is 22.6. The van der Waals surface area contributed by atoms with Crippen LogP contribution in [0.4, 0.5) is 0 Å². The van der Waals surface area contributed by atoms with Gasteiger partial charge in [-0.25, -0.2) is 0 Å². The molecule has 39 heavy (non-hydrogen) atoms. The molecule has 5 rings (SSSR count). The first kappa shape index (κ1) is 26.7. The van der Waals surface area contributed by atoms with Crippen LogP contribution in [0, 0.1) is 11.3 Å². The predicted molar refractivity (Wildman–Crippen MR) is 134 cm³/mol. The molecule has 5 atom stereocenters. The highest BCUT2D eigenvalue weighted by Crippen LogP contribution is 2.49. The fourth-order valence-electron chi connectivity index (χ4n) is 6.97. The molecule has 0 amide bonds. The zero-order chi connectivity index (χ0) is 28.5. The van der Waals surface area contributed by atoms with E-state index in [-0.39, 0.29) is 70.4 Å². The monoisotopic (exact) mass is 535 g/mol. The van der Waals surface area contributed by atoms with Crippen molar-refractivity contribution >= 4 is 29.1 Å². The lowest BCUT2D eigenvalue weighted by Gasteiger charge is -2.60. The number of likely N-dealkylation sites (N-methyl/N-ethyl adjacent to an activating group) is 1. The number of hydrogen-bond acceptors (Lipinski definition) is 11. The van der Waals surface area contributed by atoms with Gasteiger partial charge in [0.05, 0.1) is 32.4 Å². The van der Waals surface area contributed by atoms with Gasteiger partial charge in [0.2, 0.25) is 11.6 Å². The normalized spacial score (nSPS) is 31.2. The molecule has 11 heteroatoms. The number of esters is 1. The number of Topliss-reactive ketones (excluding diaryl/α,β-unsaturated/α-hetero) is 4. The third kappa shape index (κ3) is 3.58. The van der Waals surface area contributed by atoms with Crippen LogP contribution in [0.15, 0.2) is 45.0 Å². The molecule has 2 bridgehead atoms. The minimum atomic E-state index is -0.934. The lowest BCUT2D eigenvalue weighted by Crippen LogP contribution is -2.74. The SMILES string of the molecule is COC1=C(C)C(=O)C2=C(C1=O)[C@@H]1[C@H]3CC4=C(C(=O)C(OC)=C(C)C4=O)[C@H](COC(C)=O)N3[C@@H](C#N)[C@H](C2)N1C. The van der Waals surface area contributed by atoms with E-state index in [2.05, 4.69) is 6.07 Å². The quantitative estimate of drug-likeness (QED) is 0.371. The topological polar surface area (TPSA) is 143 Å². The summed E-state index contributed by atoms with van der Waals surface area (Å²) >= 11 is 0. The van der Waals surface area contributed by atoms with E-state index < -0.39 is 47.7 Å². The molecule has 0 radical (unpaired) electrons. The number of hydrogen-bond donors (Lipinski definition) is 0. The van der Waals surface area contributed by atoms with Crippen LogP contribution in [0.2, 0.25) is 0 Å². The maximum Gasteiger partial charge on any atom is 0.302 e. The van der Waals surface area contributed by atoms with Crippen molar-refractivity contribution in [1.29, 1.82) is 5.26 Å². The molecule has 5 aliphatic rings. The number of nitriles is 1. The molecule has 204 valence electrons. The van der Waals surface area contributed by atoms with Crippen LogP contribution >= 0.6 is 0 Å². The molecule has 2 aliphatic carbocycles. The van der Waals surface area contributed by atoms with Gasteiger partial charge in [-0.2, -0.15) is 5.26 Å². The van der Waals surface area contributed by atoms with Crippen LogP contribution in [0.25, 0.3) is 0 Å². The van der Waals surface area contributed by atoms with Crippen molar-refractivity contribution in [3.63, 3.8) is 0 Å². The van der Waals surface area contributed by atoms with Gasteiger partial charge in [0, 0.05) is 52.4 Å². The van der Waals surface area contributed by atoms with E-state index in [1.807, 2.05) is 4.90 Å². The Kier molecular flexibility index (Phi) is 6.44. The third-order valence-corrected chi connectivity index (χ3v) is 8.66. The van der Waals surface area contributed by atoms with Crippen LogP contribution in [0.3, 0.4) is 0 Å². The minimum absolute atomic E-state index is 0.0285. The number of allylic oxidation sites excluding steroid dienone is 4. The van der Waals surface area contributed by atoms with E-state index in [9.17, 15) is 29.2 Å². The maximum atomic E-state index is 13.7. The molecule has 0 aromatic rings. The number of carbonyl (C=O) groups is 5. The van der Waals surface area contributed by atoms with Gasteiger partial charge in [-0.3, -0.25) is 33.8 Å². The average molecular weight is 536 g/mol. The molecular weight excluding hydrogens is 506 g/mol.